The van der Waals surface area contributed by atoms with Gasteiger partial charge in [0.25, 0.3) is 0 Å². The van der Waals surface area contributed by atoms with Crippen LogP contribution in [0, 0.1) is 5.92 Å². The van der Waals surface area contributed by atoms with Crippen LogP contribution in [0.1, 0.15) is 26.2 Å². The minimum atomic E-state index is -0.262. The van der Waals surface area contributed by atoms with Crippen molar-refractivity contribution in [3.05, 3.63) is 30.2 Å². The highest BCUT2D eigenvalue weighted by Gasteiger charge is 2.27. The summed E-state index contributed by atoms with van der Waals surface area (Å²) in [7, 11) is 0. The summed E-state index contributed by atoms with van der Waals surface area (Å²) < 4.78 is 10.8. The summed E-state index contributed by atoms with van der Waals surface area (Å²) in [5.41, 5.74) is 0.909. The number of aromatic nitrogens is 2. The largest absolute Gasteiger partial charge is 0.494 e. The van der Waals surface area contributed by atoms with Gasteiger partial charge >= 0.3 is 0 Å². The minimum Gasteiger partial charge on any atom is -0.494 e. The molecule has 3 rings (SSSR count). The highest BCUT2D eigenvalue weighted by atomic mass is 16.5. The van der Waals surface area contributed by atoms with E-state index in [9.17, 15) is 5.11 Å². The van der Waals surface area contributed by atoms with Crippen LogP contribution in [0.2, 0.25) is 0 Å². The third kappa shape index (κ3) is 3.89. The molecular weight excluding hydrogens is 294 g/mol. The van der Waals surface area contributed by atoms with E-state index in [1.807, 2.05) is 38.1 Å². The molecule has 0 bridgehead atoms. The molecule has 2 aromatic rings. The van der Waals surface area contributed by atoms with Gasteiger partial charge in [0.05, 0.1) is 19.3 Å². The summed E-state index contributed by atoms with van der Waals surface area (Å²) in [5.74, 6) is 2.37. The second-order valence-corrected chi connectivity index (χ2v) is 5.99. The van der Waals surface area contributed by atoms with E-state index >= 15 is 0 Å². The predicted molar refractivity (Wildman–Crippen MR) is 86.0 cm³/mol. The third-order valence-electron chi connectivity index (χ3n) is 4.24. The monoisotopic (exact) mass is 317 g/mol. The first-order chi connectivity index (χ1) is 11.2. The van der Waals surface area contributed by atoms with Gasteiger partial charge in [-0.05, 0) is 57.0 Å². The summed E-state index contributed by atoms with van der Waals surface area (Å²) in [6, 6.07) is 7.67. The first kappa shape index (κ1) is 16.0. The predicted octanol–water partition coefficient (Wildman–Crippen LogP) is 2.34. The van der Waals surface area contributed by atoms with E-state index in [0.29, 0.717) is 30.8 Å². The molecule has 6 heteroatoms. The molecule has 1 saturated heterocycles. The zero-order chi connectivity index (χ0) is 16.2. The molecule has 2 heterocycles. The topological polar surface area (TPSA) is 71.6 Å². The van der Waals surface area contributed by atoms with Gasteiger partial charge in [-0.2, -0.15) is 4.98 Å². The summed E-state index contributed by atoms with van der Waals surface area (Å²) in [6.45, 7) is 6.92. The van der Waals surface area contributed by atoms with Gasteiger partial charge in [0, 0.05) is 12.1 Å². The second-order valence-electron chi connectivity index (χ2n) is 5.99. The Bertz CT molecular complexity index is 624. The number of likely N-dealkylation sites (tertiary alicyclic amines) is 1. The van der Waals surface area contributed by atoms with Crippen LogP contribution in [0.4, 0.5) is 0 Å². The van der Waals surface area contributed by atoms with Crippen molar-refractivity contribution in [2.24, 2.45) is 5.92 Å². The minimum absolute atomic E-state index is 0.262. The maximum Gasteiger partial charge on any atom is 0.241 e. The Morgan fingerprint density at radius 1 is 1.39 bits per heavy atom. The summed E-state index contributed by atoms with van der Waals surface area (Å²) >= 11 is 0. The van der Waals surface area contributed by atoms with Crippen molar-refractivity contribution < 1.29 is 14.4 Å². The Hall–Kier alpha value is -1.92. The van der Waals surface area contributed by atoms with Crippen molar-refractivity contribution >= 4 is 0 Å². The Morgan fingerprint density at radius 3 is 2.83 bits per heavy atom. The normalized spacial score (nSPS) is 19.9. The number of nitrogens with zero attached hydrogens (tertiary/aromatic N) is 3. The molecule has 0 saturated carbocycles. The molecule has 1 aliphatic rings. The first-order valence-electron chi connectivity index (χ1n) is 8.12. The van der Waals surface area contributed by atoms with E-state index < -0.39 is 0 Å². The van der Waals surface area contributed by atoms with Gasteiger partial charge in [0.1, 0.15) is 5.75 Å². The van der Waals surface area contributed by atoms with Crippen LogP contribution in [-0.2, 0) is 6.54 Å². The average molecular weight is 317 g/mol. The van der Waals surface area contributed by atoms with Gasteiger partial charge < -0.3 is 14.4 Å². The molecule has 0 radical (unpaired) electrons. The van der Waals surface area contributed by atoms with Gasteiger partial charge in [0.2, 0.25) is 11.7 Å². The molecule has 1 aromatic carbocycles. The molecule has 0 amide bonds. The van der Waals surface area contributed by atoms with Crippen molar-refractivity contribution in [3.63, 3.8) is 0 Å². The number of ether oxygens (including phenoxy) is 1. The number of hydrogen-bond acceptors (Lipinski definition) is 6. The second kappa shape index (κ2) is 7.10. The van der Waals surface area contributed by atoms with Crippen LogP contribution in [0.15, 0.2) is 28.8 Å². The van der Waals surface area contributed by atoms with Crippen molar-refractivity contribution in [2.75, 3.05) is 19.7 Å². The van der Waals surface area contributed by atoms with Crippen molar-refractivity contribution in [1.29, 1.82) is 0 Å². The van der Waals surface area contributed by atoms with Crippen LogP contribution in [-0.4, -0.2) is 45.9 Å². The van der Waals surface area contributed by atoms with Crippen LogP contribution in [0.25, 0.3) is 11.4 Å². The molecule has 0 aliphatic carbocycles. The molecule has 2 unspecified atom stereocenters. The van der Waals surface area contributed by atoms with Crippen molar-refractivity contribution in [1.82, 2.24) is 15.0 Å². The van der Waals surface area contributed by atoms with Gasteiger partial charge in [0.15, 0.2) is 0 Å². The number of hydrogen-bond donors (Lipinski definition) is 1. The van der Waals surface area contributed by atoms with Gasteiger partial charge in [-0.1, -0.05) is 5.16 Å². The lowest BCUT2D eigenvalue weighted by Crippen LogP contribution is -2.24. The molecule has 0 spiro atoms. The van der Waals surface area contributed by atoms with E-state index in [2.05, 4.69) is 15.0 Å². The highest BCUT2D eigenvalue weighted by molar-refractivity contribution is 5.55. The lowest BCUT2D eigenvalue weighted by Gasteiger charge is -2.15. The molecule has 1 aromatic heterocycles. The highest BCUT2D eigenvalue weighted by Crippen LogP contribution is 2.23. The molecular formula is C17H23N3O3. The fraction of sp³-hybridized carbons (Fsp3) is 0.529. The van der Waals surface area contributed by atoms with E-state index in [1.54, 1.807) is 0 Å². The molecule has 2 atom stereocenters. The molecule has 1 fully saturated rings. The maximum atomic E-state index is 9.66. The van der Waals surface area contributed by atoms with Gasteiger partial charge in [-0.25, -0.2) is 0 Å². The zero-order valence-corrected chi connectivity index (χ0v) is 13.6. The number of aliphatic hydroxyl groups excluding tert-OH is 1. The standard InChI is InChI=1S/C17H23N3O3/c1-3-22-15-6-4-13(5-7-15)17-18-16(23-19-17)11-20-9-8-14(10-20)12(2)21/h4-7,12,14,21H,3,8-11H2,1-2H3. The number of benzene rings is 1. The number of rotatable bonds is 6. The fourth-order valence-corrected chi connectivity index (χ4v) is 2.89. The van der Waals surface area contributed by atoms with Crippen LogP contribution in [0.5, 0.6) is 5.75 Å². The number of aliphatic hydroxyl groups is 1. The smallest absolute Gasteiger partial charge is 0.241 e. The molecule has 124 valence electrons. The molecule has 23 heavy (non-hydrogen) atoms. The molecule has 6 nitrogen and oxygen atoms in total. The van der Waals surface area contributed by atoms with Crippen LogP contribution >= 0.6 is 0 Å². The summed E-state index contributed by atoms with van der Waals surface area (Å²) in [6.07, 6.45) is 0.750. The van der Waals surface area contributed by atoms with Crippen LogP contribution < -0.4 is 4.74 Å². The van der Waals surface area contributed by atoms with E-state index in [-0.39, 0.29) is 6.10 Å². The van der Waals surface area contributed by atoms with Crippen LogP contribution in [0.3, 0.4) is 0 Å². The SMILES string of the molecule is CCOc1ccc(-c2noc(CN3CCC(C(C)O)C3)n2)cc1. The quantitative estimate of drug-likeness (QED) is 0.882. The summed E-state index contributed by atoms with van der Waals surface area (Å²) in [4.78, 5) is 6.71. The van der Waals surface area contributed by atoms with Crippen molar-refractivity contribution in [2.45, 2.75) is 32.9 Å². The third-order valence-corrected chi connectivity index (χ3v) is 4.24. The average Bonchev–Trinajstić information content (AvgIpc) is 3.18. The first-order valence-corrected chi connectivity index (χ1v) is 8.12. The zero-order valence-electron chi connectivity index (χ0n) is 13.6. The lowest BCUT2D eigenvalue weighted by molar-refractivity contribution is 0.125. The van der Waals surface area contributed by atoms with Crippen molar-refractivity contribution in [3.8, 4) is 17.1 Å². The Balaban J connectivity index is 1.62. The maximum absolute atomic E-state index is 9.66. The van der Waals surface area contributed by atoms with E-state index in [4.69, 9.17) is 9.26 Å². The van der Waals surface area contributed by atoms with Gasteiger partial charge in [-0.15, -0.1) is 0 Å². The Labute approximate surface area is 136 Å². The lowest BCUT2D eigenvalue weighted by atomic mass is 10.0. The molecule has 1 aliphatic heterocycles. The molecule has 1 N–H and O–H groups in total. The Kier molecular flexibility index (Phi) is 4.93. The van der Waals surface area contributed by atoms with Gasteiger partial charge in [-0.3, -0.25) is 4.90 Å². The van der Waals surface area contributed by atoms with E-state index in [0.717, 1.165) is 30.8 Å². The van der Waals surface area contributed by atoms with E-state index in [1.165, 1.54) is 0 Å². The summed E-state index contributed by atoms with van der Waals surface area (Å²) in [5, 5.41) is 13.7. The Morgan fingerprint density at radius 2 is 2.17 bits per heavy atom. The fourth-order valence-electron chi connectivity index (χ4n) is 2.89.